The summed E-state index contributed by atoms with van der Waals surface area (Å²) in [4.78, 5) is 5.05. The van der Waals surface area contributed by atoms with E-state index in [9.17, 15) is 8.22 Å². The summed E-state index contributed by atoms with van der Waals surface area (Å²) in [6, 6.07) is 84.9. The molecule has 0 saturated carbocycles. The van der Waals surface area contributed by atoms with Crippen LogP contribution in [0.5, 0.6) is 0 Å². The highest BCUT2D eigenvalue weighted by Gasteiger charge is 2.46. The molecule has 0 unspecified atom stereocenters. The average molecular weight is 1270 g/mol. The Morgan fingerprint density at radius 2 is 0.704 bits per heavy atom. The lowest BCUT2D eigenvalue weighted by Gasteiger charge is -2.46. The molecule has 0 aliphatic carbocycles. The number of nitrogens with zero attached hydrogens (tertiary/aromatic N) is 3. The normalized spacial score (nSPS) is 14.2. The van der Waals surface area contributed by atoms with Crippen molar-refractivity contribution in [3.05, 3.63) is 313 Å². The molecule has 0 saturated heterocycles. The summed E-state index contributed by atoms with van der Waals surface area (Å²) in [6.07, 6.45) is 0. The summed E-state index contributed by atoms with van der Waals surface area (Å²) in [7, 11) is 0. The Morgan fingerprint density at radius 1 is 0.296 bits per heavy atom. The second kappa shape index (κ2) is 23.6. The highest BCUT2D eigenvalue weighted by atomic mass is 15.2. The fraction of sp³-hybridized carbons (Fsp3) is 0.170. The van der Waals surface area contributed by atoms with Crippen molar-refractivity contribution in [1.82, 2.24) is 4.57 Å². The summed E-state index contributed by atoms with van der Waals surface area (Å²) in [6.45, 7) is 27.0. The lowest BCUT2D eigenvalue weighted by atomic mass is 9.33. The van der Waals surface area contributed by atoms with E-state index in [4.69, 9.17) is 2.74 Å². The molecule has 16 rings (SSSR count). The molecule has 0 radical (unpaired) electrons. The monoisotopic (exact) mass is 1270 g/mol. The van der Waals surface area contributed by atoms with Crippen LogP contribution in [0.15, 0.2) is 291 Å². The van der Waals surface area contributed by atoms with Gasteiger partial charge in [0, 0.05) is 61.5 Å². The largest absolute Gasteiger partial charge is 0.310 e. The zero-order valence-corrected chi connectivity index (χ0v) is 58.0. The molecule has 13 aromatic carbocycles. The quantitative estimate of drug-likeness (QED) is 0.133. The van der Waals surface area contributed by atoms with Crippen molar-refractivity contribution in [3.63, 3.8) is 0 Å². The fourth-order valence-corrected chi connectivity index (χ4v) is 15.1. The van der Waals surface area contributed by atoms with Gasteiger partial charge in [0.1, 0.15) is 0 Å². The van der Waals surface area contributed by atoms with Gasteiger partial charge in [0.25, 0.3) is 6.71 Å². The Bertz CT molecular complexity index is 5700. The molecule has 2 aliphatic rings. The molecular weight excluding hydrogens is 1180 g/mol. The Balaban J connectivity index is 1.14. The van der Waals surface area contributed by atoms with Crippen LogP contribution in [0.4, 0.5) is 34.1 Å². The molecule has 0 atom stereocenters. The predicted molar refractivity (Wildman–Crippen MR) is 422 cm³/mol. The SMILES string of the molecule is [2H]c1c([2H])c([2H])c2c(c1[2H])c1c([2H])c([2H])c([2H])c([2H])c1n2-c1ccc2c(c1)N(c1c(-c3ccccc3)cccc1-c1ccccc1)c1cc(-c3ccc(C(C)(C)C)cc3C(C)(C)C)cc3c1B2c1ccc(-c2cc(C(C)(C)C)cc(C(C)(C)C)c2)cc1N3c1c(-c2ccccc2)cccc1-c1ccccc1. The van der Waals surface area contributed by atoms with Crippen LogP contribution in [0.3, 0.4) is 0 Å². The standard InChI is InChI=1S/C94H84BN3/c1-91(2,3)68-48-50-72(79(59-68)94(10,11)12)67-56-86-88-87(57-67)98(90-75(63-35-21-15-22-36-63)43-30-44-76(90)64-37-23-16-24-38-64)85-60-71(96-82-45-27-25-39-77(82)78-40-26-28-46-83(78)96)49-52-81(85)95(88)80-51-47-65(66-53-69(92(4,5)6)58-70(54-66)93(7,8)9)55-84(80)97(86)89-73(61-31-17-13-18-32-61)41-29-42-74(89)62-33-19-14-20-34-62/h13-60H,1-12H3/i25D,26D,27D,28D,39D,40D,45D,46D. The van der Waals surface area contributed by atoms with Crippen molar-refractivity contribution in [3.8, 4) is 72.4 Å². The first kappa shape index (κ1) is 53.5. The van der Waals surface area contributed by atoms with Gasteiger partial charge < -0.3 is 14.4 Å². The third-order valence-corrected chi connectivity index (χ3v) is 20.2. The smallest absolute Gasteiger partial charge is 0.252 e. The van der Waals surface area contributed by atoms with Crippen LogP contribution < -0.4 is 26.2 Å². The van der Waals surface area contributed by atoms with Crippen molar-refractivity contribution in [1.29, 1.82) is 0 Å². The molecule has 4 heteroatoms. The molecule has 0 amide bonds. The zero-order chi connectivity index (χ0) is 74.5. The van der Waals surface area contributed by atoms with Gasteiger partial charge in [-0.2, -0.15) is 0 Å². The van der Waals surface area contributed by atoms with Crippen LogP contribution in [0.2, 0.25) is 0 Å². The maximum Gasteiger partial charge on any atom is 0.252 e. The van der Waals surface area contributed by atoms with Crippen molar-refractivity contribution >= 4 is 79.0 Å². The van der Waals surface area contributed by atoms with Crippen LogP contribution in [0.25, 0.3) is 94.3 Å². The van der Waals surface area contributed by atoms with Crippen LogP contribution >= 0.6 is 0 Å². The fourth-order valence-electron chi connectivity index (χ4n) is 15.1. The van der Waals surface area contributed by atoms with E-state index in [0.717, 1.165) is 117 Å². The molecule has 14 aromatic rings. The number of benzene rings is 13. The minimum atomic E-state index is -0.496. The Morgan fingerprint density at radius 3 is 1.13 bits per heavy atom. The van der Waals surface area contributed by atoms with E-state index < -0.39 is 30.9 Å². The Labute approximate surface area is 591 Å². The average Bonchev–Trinajstić information content (AvgIpc) is 0.694. The zero-order valence-electron chi connectivity index (χ0n) is 66.0. The maximum absolute atomic E-state index is 9.84. The third kappa shape index (κ3) is 10.7. The Hall–Kier alpha value is -10.7. The molecule has 98 heavy (non-hydrogen) atoms. The lowest BCUT2D eigenvalue weighted by Crippen LogP contribution is -2.61. The van der Waals surface area contributed by atoms with Crippen molar-refractivity contribution in [2.45, 2.75) is 105 Å². The number of aromatic nitrogens is 1. The highest BCUT2D eigenvalue weighted by molar-refractivity contribution is 7.00. The van der Waals surface area contributed by atoms with Crippen LogP contribution in [0, 0.1) is 0 Å². The first-order valence-electron chi connectivity index (χ1n) is 38.4. The van der Waals surface area contributed by atoms with E-state index in [1.807, 2.05) is 18.2 Å². The van der Waals surface area contributed by atoms with Gasteiger partial charge in [-0.1, -0.05) is 332 Å². The Kier molecular flexibility index (Phi) is 12.9. The lowest BCUT2D eigenvalue weighted by molar-refractivity contribution is 0.568. The summed E-state index contributed by atoms with van der Waals surface area (Å²) in [5.41, 5.74) is 25.5. The van der Waals surface area contributed by atoms with Crippen molar-refractivity contribution < 1.29 is 11.0 Å². The molecule has 3 heterocycles. The summed E-state index contributed by atoms with van der Waals surface area (Å²) in [5, 5.41) is 0.0288. The highest BCUT2D eigenvalue weighted by Crippen LogP contribution is 2.55. The molecule has 2 aliphatic heterocycles. The van der Waals surface area contributed by atoms with Gasteiger partial charge in [0.2, 0.25) is 0 Å². The number of fused-ring (bicyclic) bond motifs is 7. The first-order valence-corrected chi connectivity index (χ1v) is 34.4. The van der Waals surface area contributed by atoms with Crippen LogP contribution in [-0.4, -0.2) is 11.3 Å². The molecule has 0 fully saturated rings. The van der Waals surface area contributed by atoms with Gasteiger partial charge in [-0.05, 0) is 147 Å². The van der Waals surface area contributed by atoms with Crippen LogP contribution in [-0.2, 0) is 21.7 Å². The molecule has 478 valence electrons. The van der Waals surface area contributed by atoms with E-state index in [1.165, 1.54) is 22.3 Å². The minimum absolute atomic E-state index is 0.0144. The summed E-state index contributed by atoms with van der Waals surface area (Å²) in [5.74, 6) is 0. The third-order valence-electron chi connectivity index (χ3n) is 20.2. The van der Waals surface area contributed by atoms with E-state index >= 15 is 0 Å². The molecule has 1 aromatic heterocycles. The first-order chi connectivity index (χ1) is 50.5. The molecular formula is C94H84BN3. The minimum Gasteiger partial charge on any atom is -0.310 e. The number of rotatable bonds is 9. The number of hydrogen-bond acceptors (Lipinski definition) is 2. The number of anilines is 6. The van der Waals surface area contributed by atoms with Gasteiger partial charge in [-0.15, -0.1) is 0 Å². The predicted octanol–water partition coefficient (Wildman–Crippen LogP) is 24.1. The van der Waals surface area contributed by atoms with E-state index in [0.29, 0.717) is 5.69 Å². The van der Waals surface area contributed by atoms with Crippen molar-refractivity contribution in [2.75, 3.05) is 9.80 Å². The van der Waals surface area contributed by atoms with E-state index in [1.54, 1.807) is 4.57 Å². The van der Waals surface area contributed by atoms with Gasteiger partial charge in [0.05, 0.1) is 33.4 Å². The topological polar surface area (TPSA) is 11.4 Å². The molecule has 0 spiro atoms. The molecule has 0 bridgehead atoms. The molecule has 0 N–H and O–H groups in total. The van der Waals surface area contributed by atoms with Gasteiger partial charge >= 0.3 is 0 Å². The van der Waals surface area contributed by atoms with E-state index in [-0.39, 0.29) is 67.6 Å². The number of hydrogen-bond donors (Lipinski definition) is 0. The second-order valence-corrected chi connectivity index (χ2v) is 30.8. The summed E-state index contributed by atoms with van der Waals surface area (Å²) >= 11 is 0. The molecule has 3 nitrogen and oxygen atoms in total. The van der Waals surface area contributed by atoms with E-state index in [2.05, 4.69) is 317 Å². The number of para-hydroxylation sites is 4. The second-order valence-electron chi connectivity index (χ2n) is 30.8. The van der Waals surface area contributed by atoms with Gasteiger partial charge in [-0.3, -0.25) is 0 Å². The van der Waals surface area contributed by atoms with Gasteiger partial charge in [-0.25, -0.2) is 0 Å². The van der Waals surface area contributed by atoms with Crippen LogP contribution in [0.1, 0.15) is 116 Å². The maximum atomic E-state index is 9.84. The summed E-state index contributed by atoms with van der Waals surface area (Å²) < 4.78 is 77.2. The van der Waals surface area contributed by atoms with Gasteiger partial charge in [0.15, 0.2) is 0 Å². The van der Waals surface area contributed by atoms with Crippen molar-refractivity contribution in [2.24, 2.45) is 0 Å².